The first-order valence-corrected chi connectivity index (χ1v) is 8.90. The maximum atomic E-state index is 13.4. The van der Waals surface area contributed by atoms with E-state index in [0.29, 0.717) is 32.5 Å². The Bertz CT molecular complexity index is 1100. The van der Waals surface area contributed by atoms with E-state index in [-0.39, 0.29) is 5.82 Å². The van der Waals surface area contributed by atoms with Crippen LogP contribution in [0.2, 0.25) is 0 Å². The van der Waals surface area contributed by atoms with Crippen molar-refractivity contribution in [2.75, 3.05) is 4.90 Å². The molecule has 0 atom stereocenters. The fraction of sp³-hybridized carbons (Fsp3) is 0. The summed E-state index contributed by atoms with van der Waals surface area (Å²) in [7, 11) is 0. The highest BCUT2D eigenvalue weighted by Gasteiger charge is 2.19. The number of urea groups is 1. The molecule has 5 nitrogen and oxygen atoms in total. The highest BCUT2D eigenvalue weighted by molar-refractivity contribution is 7.22. The van der Waals surface area contributed by atoms with Crippen molar-refractivity contribution >= 4 is 38.4 Å². The van der Waals surface area contributed by atoms with Gasteiger partial charge in [0.15, 0.2) is 5.13 Å². The lowest BCUT2D eigenvalue weighted by molar-refractivity contribution is 0.256. The molecular formula is C20H14FN3O2S. The van der Waals surface area contributed by atoms with Crippen LogP contribution in [0, 0.1) is 5.82 Å². The summed E-state index contributed by atoms with van der Waals surface area (Å²) in [5.74, 6) is 0.983. The number of rotatable bonds is 4. The summed E-state index contributed by atoms with van der Waals surface area (Å²) in [6.07, 6.45) is 0. The van der Waals surface area contributed by atoms with Gasteiger partial charge >= 0.3 is 6.03 Å². The molecule has 1 heterocycles. The normalized spacial score (nSPS) is 10.7. The van der Waals surface area contributed by atoms with Gasteiger partial charge in [-0.05, 0) is 54.6 Å². The molecule has 0 aliphatic heterocycles. The number of halogens is 1. The summed E-state index contributed by atoms with van der Waals surface area (Å²) in [5.41, 5.74) is 6.71. The minimum absolute atomic E-state index is 0.356. The van der Waals surface area contributed by atoms with E-state index in [1.807, 2.05) is 30.3 Å². The van der Waals surface area contributed by atoms with Crippen LogP contribution >= 0.6 is 11.3 Å². The van der Waals surface area contributed by atoms with Crippen LogP contribution in [0.15, 0.2) is 72.8 Å². The number of carbonyl (C=O) groups excluding carboxylic acids is 1. The lowest BCUT2D eigenvalue weighted by Crippen LogP contribution is -2.31. The molecule has 4 aromatic rings. The van der Waals surface area contributed by atoms with Gasteiger partial charge in [0, 0.05) is 0 Å². The van der Waals surface area contributed by atoms with Crippen molar-refractivity contribution in [1.82, 2.24) is 4.98 Å². The molecule has 0 aliphatic rings. The van der Waals surface area contributed by atoms with E-state index in [1.165, 1.54) is 28.4 Å². The van der Waals surface area contributed by atoms with Crippen molar-refractivity contribution in [2.24, 2.45) is 5.73 Å². The van der Waals surface area contributed by atoms with Crippen molar-refractivity contribution in [2.45, 2.75) is 0 Å². The minimum Gasteiger partial charge on any atom is -0.457 e. The zero-order valence-electron chi connectivity index (χ0n) is 14.0. The first-order valence-electron chi connectivity index (χ1n) is 8.09. The molecule has 0 spiro atoms. The standard InChI is InChI=1S/C20H14FN3O2S/c21-13-6-11-17-18(12-13)27-20(23-17)24(19(22)25)14-7-9-16(10-8-14)26-15-4-2-1-3-5-15/h1-12H,(H2,22,25). The van der Waals surface area contributed by atoms with Gasteiger partial charge in [-0.3, -0.25) is 0 Å². The first-order chi connectivity index (χ1) is 13.1. The SMILES string of the molecule is NC(=O)N(c1ccc(Oc2ccccc2)cc1)c1nc2ccc(F)cc2s1. The van der Waals surface area contributed by atoms with Crippen LogP contribution in [-0.2, 0) is 0 Å². The molecule has 0 saturated carbocycles. The molecule has 0 bridgehead atoms. The zero-order chi connectivity index (χ0) is 18.8. The predicted molar refractivity (Wildman–Crippen MR) is 104 cm³/mol. The summed E-state index contributed by atoms with van der Waals surface area (Å²) in [4.78, 5) is 17.7. The van der Waals surface area contributed by atoms with Gasteiger partial charge in [0.2, 0.25) is 0 Å². The van der Waals surface area contributed by atoms with Gasteiger partial charge < -0.3 is 10.5 Å². The molecular weight excluding hydrogens is 365 g/mol. The predicted octanol–water partition coefficient (Wildman–Crippen LogP) is 5.44. The van der Waals surface area contributed by atoms with E-state index in [9.17, 15) is 9.18 Å². The number of para-hydroxylation sites is 1. The molecule has 2 amide bonds. The van der Waals surface area contributed by atoms with Gasteiger partial charge in [0.05, 0.1) is 15.9 Å². The first kappa shape index (κ1) is 17.0. The van der Waals surface area contributed by atoms with Gasteiger partial charge in [-0.1, -0.05) is 29.5 Å². The Morgan fingerprint density at radius 1 is 1.00 bits per heavy atom. The molecule has 4 rings (SSSR count). The number of carbonyl (C=O) groups is 1. The highest BCUT2D eigenvalue weighted by Crippen LogP contribution is 2.34. The van der Waals surface area contributed by atoms with Gasteiger partial charge in [0.1, 0.15) is 17.3 Å². The number of primary amides is 1. The van der Waals surface area contributed by atoms with E-state index >= 15 is 0 Å². The number of hydrogen-bond donors (Lipinski definition) is 1. The third kappa shape index (κ3) is 3.58. The third-order valence-electron chi connectivity index (χ3n) is 3.82. The van der Waals surface area contributed by atoms with Crippen LogP contribution in [-0.4, -0.2) is 11.0 Å². The average molecular weight is 379 g/mol. The van der Waals surface area contributed by atoms with E-state index < -0.39 is 6.03 Å². The number of anilines is 2. The molecule has 0 fully saturated rings. The van der Waals surface area contributed by atoms with E-state index in [2.05, 4.69) is 4.98 Å². The number of hydrogen-bond acceptors (Lipinski definition) is 4. The zero-order valence-corrected chi connectivity index (χ0v) is 14.8. The maximum absolute atomic E-state index is 13.4. The number of fused-ring (bicyclic) bond motifs is 1. The summed E-state index contributed by atoms with van der Waals surface area (Å²) < 4.78 is 19.8. The number of nitrogens with zero attached hydrogens (tertiary/aromatic N) is 2. The summed E-state index contributed by atoms with van der Waals surface area (Å²) in [6, 6.07) is 19.9. The Balaban J connectivity index is 1.64. The molecule has 0 radical (unpaired) electrons. The van der Waals surface area contributed by atoms with Crippen LogP contribution in [0.5, 0.6) is 11.5 Å². The van der Waals surface area contributed by atoms with Crippen molar-refractivity contribution in [3.05, 3.63) is 78.6 Å². The largest absolute Gasteiger partial charge is 0.457 e. The van der Waals surface area contributed by atoms with Crippen LogP contribution in [0.25, 0.3) is 10.2 Å². The van der Waals surface area contributed by atoms with Crippen LogP contribution in [0.1, 0.15) is 0 Å². The van der Waals surface area contributed by atoms with Gasteiger partial charge in [-0.15, -0.1) is 0 Å². The minimum atomic E-state index is -0.675. The number of benzene rings is 3. The average Bonchev–Trinajstić information content (AvgIpc) is 3.06. The Morgan fingerprint density at radius 3 is 2.41 bits per heavy atom. The molecule has 1 aromatic heterocycles. The molecule has 2 N–H and O–H groups in total. The molecule has 27 heavy (non-hydrogen) atoms. The Labute approximate surface area is 158 Å². The number of thiazole rings is 1. The second kappa shape index (κ2) is 7.05. The summed E-state index contributed by atoms with van der Waals surface area (Å²) in [5, 5.41) is 0.375. The molecule has 0 saturated heterocycles. The Morgan fingerprint density at radius 2 is 1.70 bits per heavy atom. The van der Waals surface area contributed by atoms with Crippen molar-refractivity contribution in [1.29, 1.82) is 0 Å². The summed E-state index contributed by atoms with van der Waals surface area (Å²) >= 11 is 1.19. The van der Waals surface area contributed by atoms with Gasteiger partial charge in [-0.2, -0.15) is 0 Å². The smallest absolute Gasteiger partial charge is 0.325 e. The fourth-order valence-electron chi connectivity index (χ4n) is 2.60. The highest BCUT2D eigenvalue weighted by atomic mass is 32.1. The Hall–Kier alpha value is -3.45. The maximum Gasteiger partial charge on any atom is 0.325 e. The van der Waals surface area contributed by atoms with Crippen molar-refractivity contribution in [3.63, 3.8) is 0 Å². The van der Waals surface area contributed by atoms with Gasteiger partial charge in [-0.25, -0.2) is 19.1 Å². The third-order valence-corrected chi connectivity index (χ3v) is 4.83. The lowest BCUT2D eigenvalue weighted by atomic mass is 10.3. The summed E-state index contributed by atoms with van der Waals surface area (Å²) in [6.45, 7) is 0. The topological polar surface area (TPSA) is 68.5 Å². The second-order valence-electron chi connectivity index (χ2n) is 5.69. The number of ether oxygens (including phenoxy) is 1. The Kier molecular flexibility index (Phi) is 4.43. The number of aromatic nitrogens is 1. The van der Waals surface area contributed by atoms with Gasteiger partial charge in [0.25, 0.3) is 0 Å². The molecule has 0 aliphatic carbocycles. The van der Waals surface area contributed by atoms with Crippen LogP contribution < -0.4 is 15.4 Å². The molecule has 134 valence electrons. The molecule has 7 heteroatoms. The second-order valence-corrected chi connectivity index (χ2v) is 6.70. The van der Waals surface area contributed by atoms with Crippen LogP contribution in [0.4, 0.5) is 20.0 Å². The fourth-order valence-corrected chi connectivity index (χ4v) is 3.62. The quantitative estimate of drug-likeness (QED) is 0.513. The number of amides is 2. The van der Waals surface area contributed by atoms with E-state index in [4.69, 9.17) is 10.5 Å². The lowest BCUT2D eigenvalue weighted by Gasteiger charge is -2.17. The monoisotopic (exact) mass is 379 g/mol. The van der Waals surface area contributed by atoms with Crippen molar-refractivity contribution in [3.8, 4) is 11.5 Å². The van der Waals surface area contributed by atoms with Crippen molar-refractivity contribution < 1.29 is 13.9 Å². The molecule has 3 aromatic carbocycles. The molecule has 0 unspecified atom stereocenters. The van der Waals surface area contributed by atoms with E-state index in [1.54, 1.807) is 30.3 Å². The number of nitrogens with two attached hydrogens (primary N) is 1. The van der Waals surface area contributed by atoms with Crippen LogP contribution in [0.3, 0.4) is 0 Å². The van der Waals surface area contributed by atoms with E-state index in [0.717, 1.165) is 0 Å².